The van der Waals surface area contributed by atoms with E-state index in [1.165, 1.54) is 11.1 Å². The second kappa shape index (κ2) is 8.85. The van der Waals surface area contributed by atoms with Gasteiger partial charge < -0.3 is 25.4 Å². The molecule has 0 fully saturated rings. The standard InChI is InChI=1S/C25H29N7O2/c1-32-15-18(13-29-32)23-14-28-25(26,19-9-21(33-2)11-22(10-19)34-3)31-24(23)30-20-5-4-16-6-7-27-12-17(16)8-20/h4-5,8-11,13-15,27,30-31H,6-7,12,26H2,1-3H3. The number of methoxy groups -OCH3 is 2. The molecule has 2 aliphatic heterocycles. The highest BCUT2D eigenvalue weighted by atomic mass is 16.5. The predicted octanol–water partition coefficient (Wildman–Crippen LogP) is 2.31. The molecule has 0 bridgehead atoms. The van der Waals surface area contributed by atoms with Crippen molar-refractivity contribution in [3.05, 3.63) is 76.9 Å². The van der Waals surface area contributed by atoms with E-state index in [1.807, 2.05) is 25.4 Å². The Balaban J connectivity index is 1.54. The van der Waals surface area contributed by atoms with Gasteiger partial charge in [0.25, 0.3) is 0 Å². The number of rotatable bonds is 6. The third kappa shape index (κ3) is 4.23. The van der Waals surface area contributed by atoms with Gasteiger partial charge in [-0.2, -0.15) is 5.10 Å². The van der Waals surface area contributed by atoms with Crippen LogP contribution in [0.5, 0.6) is 11.5 Å². The van der Waals surface area contributed by atoms with Crippen LogP contribution in [0, 0.1) is 0 Å². The Labute approximate surface area is 198 Å². The first-order valence-corrected chi connectivity index (χ1v) is 11.2. The average molecular weight is 460 g/mol. The van der Waals surface area contributed by atoms with Crippen LogP contribution >= 0.6 is 0 Å². The number of nitrogens with two attached hydrogens (primary N) is 1. The summed E-state index contributed by atoms with van der Waals surface area (Å²) in [5.74, 6) is 0.770. The maximum Gasteiger partial charge on any atom is 0.210 e. The summed E-state index contributed by atoms with van der Waals surface area (Å²) in [5.41, 5.74) is 12.9. The molecule has 5 N–H and O–H groups in total. The molecule has 0 radical (unpaired) electrons. The topological polar surface area (TPSA) is 111 Å². The van der Waals surface area contributed by atoms with Crippen molar-refractivity contribution in [3.63, 3.8) is 0 Å². The van der Waals surface area contributed by atoms with Crippen LogP contribution < -0.4 is 31.2 Å². The Morgan fingerprint density at radius 2 is 1.88 bits per heavy atom. The van der Waals surface area contributed by atoms with Crippen LogP contribution in [0.1, 0.15) is 22.3 Å². The summed E-state index contributed by atoms with van der Waals surface area (Å²) in [4.78, 5) is 4.70. The van der Waals surface area contributed by atoms with Gasteiger partial charge in [-0.25, -0.2) is 4.99 Å². The molecular formula is C25H29N7O2. The summed E-state index contributed by atoms with van der Waals surface area (Å²) >= 11 is 0. The zero-order valence-electron chi connectivity index (χ0n) is 19.6. The fourth-order valence-corrected chi connectivity index (χ4v) is 4.28. The summed E-state index contributed by atoms with van der Waals surface area (Å²) < 4.78 is 12.6. The van der Waals surface area contributed by atoms with Crippen LogP contribution in [-0.2, 0) is 25.8 Å². The van der Waals surface area contributed by atoms with E-state index in [2.05, 4.69) is 39.2 Å². The normalized spacial score (nSPS) is 19.4. The van der Waals surface area contributed by atoms with E-state index in [4.69, 9.17) is 20.2 Å². The highest BCUT2D eigenvalue weighted by Gasteiger charge is 2.33. The van der Waals surface area contributed by atoms with E-state index in [0.717, 1.165) is 42.2 Å². The smallest absolute Gasteiger partial charge is 0.210 e. The summed E-state index contributed by atoms with van der Waals surface area (Å²) in [6.45, 7) is 1.87. The quantitative estimate of drug-likeness (QED) is 0.448. The number of allylic oxidation sites excluding steroid dienone is 1. The summed E-state index contributed by atoms with van der Waals surface area (Å²) in [6.07, 6.45) is 6.56. The molecule has 176 valence electrons. The monoisotopic (exact) mass is 459 g/mol. The molecule has 9 heteroatoms. The number of nitrogens with one attached hydrogen (secondary N) is 3. The third-order valence-corrected chi connectivity index (χ3v) is 6.15. The highest BCUT2D eigenvalue weighted by molar-refractivity contribution is 6.12. The molecule has 0 saturated carbocycles. The maximum atomic E-state index is 6.80. The van der Waals surface area contributed by atoms with E-state index in [-0.39, 0.29) is 0 Å². The molecule has 0 amide bonds. The molecule has 3 heterocycles. The zero-order chi connectivity index (χ0) is 23.7. The van der Waals surface area contributed by atoms with Gasteiger partial charge in [0.1, 0.15) is 17.3 Å². The third-order valence-electron chi connectivity index (χ3n) is 6.15. The van der Waals surface area contributed by atoms with Crippen LogP contribution in [0.25, 0.3) is 5.57 Å². The summed E-state index contributed by atoms with van der Waals surface area (Å²) in [7, 11) is 5.10. The number of benzene rings is 2. The van der Waals surface area contributed by atoms with Crippen LogP contribution in [0.4, 0.5) is 5.69 Å². The number of hydrogen-bond donors (Lipinski definition) is 4. The molecule has 5 rings (SSSR count). The van der Waals surface area contributed by atoms with Crippen molar-refractivity contribution in [2.24, 2.45) is 17.8 Å². The van der Waals surface area contributed by atoms with E-state index < -0.39 is 5.79 Å². The fourth-order valence-electron chi connectivity index (χ4n) is 4.28. The molecule has 0 saturated heterocycles. The number of nitrogens with zero attached hydrogens (tertiary/aromatic N) is 3. The van der Waals surface area contributed by atoms with E-state index in [9.17, 15) is 0 Å². The molecule has 1 unspecified atom stereocenters. The van der Waals surface area contributed by atoms with Gasteiger partial charge in [0.2, 0.25) is 5.79 Å². The number of fused-ring (bicyclic) bond motifs is 1. The highest BCUT2D eigenvalue weighted by Crippen LogP contribution is 2.32. The Morgan fingerprint density at radius 1 is 1.09 bits per heavy atom. The first-order chi connectivity index (χ1) is 16.5. The number of anilines is 1. The molecule has 0 spiro atoms. The van der Waals surface area contributed by atoms with Gasteiger partial charge in [0, 0.05) is 54.5 Å². The van der Waals surface area contributed by atoms with Crippen LogP contribution in [0.3, 0.4) is 0 Å². The Hall–Kier alpha value is -3.82. The lowest BCUT2D eigenvalue weighted by Gasteiger charge is -2.34. The molecular weight excluding hydrogens is 430 g/mol. The second-order valence-electron chi connectivity index (χ2n) is 8.48. The van der Waals surface area contributed by atoms with Gasteiger partial charge >= 0.3 is 0 Å². The number of hydrogen-bond acceptors (Lipinski definition) is 8. The van der Waals surface area contributed by atoms with Gasteiger partial charge in [-0.05, 0) is 48.4 Å². The first-order valence-electron chi connectivity index (χ1n) is 11.2. The van der Waals surface area contributed by atoms with E-state index >= 15 is 0 Å². The lowest BCUT2D eigenvalue weighted by molar-refractivity contribution is 0.373. The molecule has 9 nitrogen and oxygen atoms in total. The van der Waals surface area contributed by atoms with Gasteiger partial charge in [0.15, 0.2) is 0 Å². The van der Waals surface area contributed by atoms with Crippen molar-refractivity contribution < 1.29 is 9.47 Å². The van der Waals surface area contributed by atoms with Crippen LogP contribution in [0.15, 0.2) is 59.6 Å². The fraction of sp³-hybridized carbons (Fsp3) is 0.280. The summed E-state index contributed by atoms with van der Waals surface area (Å²) in [5, 5.41) is 14.7. The van der Waals surface area contributed by atoms with Crippen molar-refractivity contribution in [2.45, 2.75) is 18.8 Å². The average Bonchev–Trinajstić information content (AvgIpc) is 3.29. The molecule has 3 aromatic rings. The Morgan fingerprint density at radius 3 is 2.59 bits per heavy atom. The van der Waals surface area contributed by atoms with E-state index in [1.54, 1.807) is 37.4 Å². The van der Waals surface area contributed by atoms with Crippen molar-refractivity contribution in [1.29, 1.82) is 0 Å². The van der Waals surface area contributed by atoms with Crippen molar-refractivity contribution in [2.75, 3.05) is 26.1 Å². The second-order valence-corrected chi connectivity index (χ2v) is 8.48. The lowest BCUT2D eigenvalue weighted by Crippen LogP contribution is -2.51. The van der Waals surface area contributed by atoms with Crippen molar-refractivity contribution >= 4 is 17.5 Å². The minimum atomic E-state index is -1.23. The molecule has 2 aliphatic rings. The minimum Gasteiger partial charge on any atom is -0.497 e. The summed E-state index contributed by atoms with van der Waals surface area (Å²) in [6, 6.07) is 12.0. The molecule has 1 aromatic heterocycles. The SMILES string of the molecule is COc1cc(OC)cc(C2(N)N=CC(c3cnn(C)c3)=C(Nc3ccc4c(c3)CNCC4)N2)c1. The zero-order valence-corrected chi connectivity index (χ0v) is 19.6. The molecule has 2 aromatic carbocycles. The number of aliphatic imine (C=N–C) groups is 1. The lowest BCUT2D eigenvalue weighted by atomic mass is 10.00. The van der Waals surface area contributed by atoms with Crippen LogP contribution in [0.2, 0.25) is 0 Å². The van der Waals surface area contributed by atoms with Crippen molar-refractivity contribution in [3.8, 4) is 11.5 Å². The molecule has 34 heavy (non-hydrogen) atoms. The first kappa shape index (κ1) is 22.0. The number of aryl methyl sites for hydroxylation is 1. The minimum absolute atomic E-state index is 0.634. The van der Waals surface area contributed by atoms with E-state index in [0.29, 0.717) is 17.1 Å². The van der Waals surface area contributed by atoms with Gasteiger partial charge in [-0.3, -0.25) is 10.4 Å². The maximum absolute atomic E-state index is 6.80. The molecule has 1 atom stereocenters. The largest absolute Gasteiger partial charge is 0.497 e. The van der Waals surface area contributed by atoms with Crippen LogP contribution in [-0.4, -0.2) is 36.8 Å². The van der Waals surface area contributed by atoms with Crippen molar-refractivity contribution in [1.82, 2.24) is 20.4 Å². The Kier molecular flexibility index (Phi) is 5.72. The number of ether oxygens (including phenoxy) is 2. The number of aromatic nitrogens is 2. The van der Waals surface area contributed by atoms with Gasteiger partial charge in [0.05, 0.1) is 20.4 Å². The predicted molar refractivity (Wildman–Crippen MR) is 133 cm³/mol. The molecule has 0 aliphatic carbocycles. The van der Waals surface area contributed by atoms with Gasteiger partial charge in [-0.15, -0.1) is 0 Å². The van der Waals surface area contributed by atoms with Gasteiger partial charge in [-0.1, -0.05) is 6.07 Å². The Bertz CT molecular complexity index is 1260.